The Morgan fingerprint density at radius 1 is 1.67 bits per heavy atom. The van der Waals surface area contributed by atoms with E-state index in [1.54, 1.807) is 0 Å². The standard InChI is InChI=1S/C8H13I2NO/c1-2-5-3-6(8(9)10)11-7(12)4-5/h5-6,8H,2-4H2,1H3,(H,11,12)/t5-,6-/m0/s1. The highest BCUT2D eigenvalue weighted by atomic mass is 127. The van der Waals surface area contributed by atoms with E-state index in [4.69, 9.17) is 0 Å². The number of piperidine rings is 1. The normalized spacial score (nSPS) is 30.5. The van der Waals surface area contributed by atoms with Crippen molar-refractivity contribution in [3.05, 3.63) is 0 Å². The molecule has 1 saturated heterocycles. The zero-order chi connectivity index (χ0) is 9.14. The largest absolute Gasteiger partial charge is 0.352 e. The summed E-state index contributed by atoms with van der Waals surface area (Å²) in [6.45, 7) is 2.16. The molecule has 0 saturated carbocycles. The monoisotopic (exact) mass is 393 g/mol. The summed E-state index contributed by atoms with van der Waals surface area (Å²) in [5.41, 5.74) is 0. The van der Waals surface area contributed by atoms with Gasteiger partial charge in [-0.15, -0.1) is 0 Å². The van der Waals surface area contributed by atoms with Gasteiger partial charge in [-0.05, 0) is 12.3 Å². The maximum atomic E-state index is 11.2. The molecule has 0 bridgehead atoms. The highest BCUT2D eigenvalue weighted by Crippen LogP contribution is 2.27. The van der Waals surface area contributed by atoms with E-state index < -0.39 is 0 Å². The Kier molecular flexibility index (Phi) is 4.56. The van der Waals surface area contributed by atoms with Gasteiger partial charge in [0.25, 0.3) is 0 Å². The lowest BCUT2D eigenvalue weighted by Crippen LogP contribution is -2.45. The number of halogens is 2. The number of hydrogen-bond donors (Lipinski definition) is 1. The molecule has 1 N–H and O–H groups in total. The first-order valence-electron chi connectivity index (χ1n) is 4.21. The van der Waals surface area contributed by atoms with Crippen molar-refractivity contribution in [3.8, 4) is 0 Å². The quantitative estimate of drug-likeness (QED) is 0.567. The highest BCUT2D eigenvalue weighted by molar-refractivity contribution is 14.2. The van der Waals surface area contributed by atoms with E-state index in [2.05, 4.69) is 57.4 Å². The molecule has 0 unspecified atom stereocenters. The van der Waals surface area contributed by atoms with Crippen LogP contribution in [0.1, 0.15) is 26.2 Å². The highest BCUT2D eigenvalue weighted by Gasteiger charge is 2.28. The number of alkyl halides is 2. The van der Waals surface area contributed by atoms with Crippen LogP contribution in [0.2, 0.25) is 0 Å². The molecule has 1 amide bonds. The first kappa shape index (κ1) is 11.0. The summed E-state index contributed by atoms with van der Waals surface area (Å²) in [6.07, 6.45) is 3.01. The fourth-order valence-electron chi connectivity index (χ4n) is 1.51. The maximum absolute atomic E-state index is 11.2. The summed E-state index contributed by atoms with van der Waals surface area (Å²) in [4.78, 5) is 11.2. The molecule has 1 rings (SSSR count). The van der Waals surface area contributed by atoms with Crippen LogP contribution >= 0.6 is 45.2 Å². The van der Waals surface area contributed by atoms with Crippen molar-refractivity contribution >= 4 is 51.1 Å². The van der Waals surface area contributed by atoms with Crippen LogP contribution in [0, 0.1) is 5.92 Å². The van der Waals surface area contributed by atoms with Gasteiger partial charge in [0, 0.05) is 12.5 Å². The maximum Gasteiger partial charge on any atom is 0.220 e. The van der Waals surface area contributed by atoms with Gasteiger partial charge in [-0.1, -0.05) is 58.5 Å². The summed E-state index contributed by atoms with van der Waals surface area (Å²) in [7, 11) is 0. The van der Waals surface area contributed by atoms with Gasteiger partial charge in [0.1, 0.15) is 0 Å². The Morgan fingerprint density at radius 2 is 2.33 bits per heavy atom. The summed E-state index contributed by atoms with van der Waals surface area (Å²) in [5.74, 6) is 0.840. The molecule has 12 heavy (non-hydrogen) atoms. The number of rotatable bonds is 2. The van der Waals surface area contributed by atoms with Gasteiger partial charge in [-0.25, -0.2) is 0 Å². The minimum atomic E-state index is 0.233. The Hall–Kier alpha value is 0.930. The van der Waals surface area contributed by atoms with E-state index in [1.165, 1.54) is 0 Å². The van der Waals surface area contributed by atoms with E-state index in [0.29, 0.717) is 13.9 Å². The average molecular weight is 393 g/mol. The summed E-state index contributed by atoms with van der Waals surface area (Å²) >= 11 is 4.74. The van der Waals surface area contributed by atoms with E-state index in [-0.39, 0.29) is 5.91 Å². The van der Waals surface area contributed by atoms with Crippen molar-refractivity contribution in [1.29, 1.82) is 0 Å². The number of carbonyl (C=O) groups is 1. The first-order valence-corrected chi connectivity index (χ1v) is 6.70. The van der Waals surface area contributed by atoms with Gasteiger partial charge in [0.2, 0.25) is 5.91 Å². The molecule has 1 heterocycles. The molecule has 0 radical (unpaired) electrons. The Bertz CT molecular complexity index is 172. The van der Waals surface area contributed by atoms with Crippen LogP contribution in [-0.4, -0.2) is 13.9 Å². The molecule has 70 valence electrons. The molecule has 1 aliphatic heterocycles. The smallest absolute Gasteiger partial charge is 0.220 e. The van der Waals surface area contributed by atoms with Crippen molar-refractivity contribution in [2.24, 2.45) is 5.92 Å². The van der Waals surface area contributed by atoms with Crippen LogP contribution in [0.4, 0.5) is 0 Å². The van der Waals surface area contributed by atoms with Crippen LogP contribution in [0.3, 0.4) is 0 Å². The van der Waals surface area contributed by atoms with Gasteiger partial charge in [-0.2, -0.15) is 0 Å². The summed E-state index contributed by atoms with van der Waals surface area (Å²) in [6, 6.07) is 0.386. The summed E-state index contributed by atoms with van der Waals surface area (Å²) < 4.78 is 0.512. The lowest BCUT2D eigenvalue weighted by Gasteiger charge is -2.30. The minimum absolute atomic E-state index is 0.233. The molecule has 2 atom stereocenters. The fraction of sp³-hybridized carbons (Fsp3) is 0.875. The molecule has 0 spiro atoms. The van der Waals surface area contributed by atoms with Gasteiger partial charge in [-0.3, -0.25) is 4.79 Å². The van der Waals surface area contributed by atoms with Crippen LogP contribution in [0.25, 0.3) is 0 Å². The fourth-order valence-corrected chi connectivity index (χ4v) is 2.45. The summed E-state index contributed by atoms with van der Waals surface area (Å²) in [5, 5.41) is 3.03. The molecule has 1 fully saturated rings. The zero-order valence-corrected chi connectivity index (χ0v) is 11.3. The van der Waals surface area contributed by atoms with Crippen LogP contribution < -0.4 is 5.32 Å². The van der Waals surface area contributed by atoms with Crippen LogP contribution in [0.5, 0.6) is 0 Å². The third-order valence-electron chi connectivity index (χ3n) is 2.29. The van der Waals surface area contributed by atoms with Gasteiger partial charge < -0.3 is 5.32 Å². The van der Waals surface area contributed by atoms with Crippen molar-refractivity contribution in [2.45, 2.75) is 34.2 Å². The average Bonchev–Trinajstić information content (AvgIpc) is 2.03. The van der Waals surface area contributed by atoms with E-state index in [0.717, 1.165) is 19.3 Å². The lowest BCUT2D eigenvalue weighted by molar-refractivity contribution is -0.124. The van der Waals surface area contributed by atoms with Gasteiger partial charge >= 0.3 is 0 Å². The second-order valence-corrected chi connectivity index (χ2v) is 8.29. The van der Waals surface area contributed by atoms with Crippen LogP contribution in [-0.2, 0) is 4.79 Å². The van der Waals surface area contributed by atoms with Gasteiger partial charge in [0.05, 0.1) is 1.93 Å². The molecule has 1 aliphatic rings. The minimum Gasteiger partial charge on any atom is -0.352 e. The van der Waals surface area contributed by atoms with Crippen molar-refractivity contribution in [2.75, 3.05) is 0 Å². The zero-order valence-electron chi connectivity index (χ0n) is 7.02. The molecule has 0 aromatic rings. The van der Waals surface area contributed by atoms with Crippen molar-refractivity contribution in [3.63, 3.8) is 0 Å². The van der Waals surface area contributed by atoms with E-state index >= 15 is 0 Å². The second kappa shape index (κ2) is 4.97. The van der Waals surface area contributed by atoms with E-state index in [9.17, 15) is 4.79 Å². The number of nitrogens with one attached hydrogen (secondary N) is 1. The molecule has 2 nitrogen and oxygen atoms in total. The van der Waals surface area contributed by atoms with Crippen molar-refractivity contribution in [1.82, 2.24) is 5.32 Å². The Labute approximate surface area is 101 Å². The molecule has 0 aromatic carbocycles. The number of carbonyl (C=O) groups excluding carboxylic acids is 1. The van der Waals surface area contributed by atoms with E-state index in [1.807, 2.05) is 0 Å². The predicted octanol–water partition coefficient (Wildman–Crippen LogP) is 2.49. The third-order valence-corrected chi connectivity index (χ3v) is 4.03. The predicted molar refractivity (Wildman–Crippen MR) is 66.8 cm³/mol. The molecule has 0 aliphatic carbocycles. The number of hydrogen-bond acceptors (Lipinski definition) is 1. The topological polar surface area (TPSA) is 29.1 Å². The molecule has 4 heteroatoms. The second-order valence-electron chi connectivity index (χ2n) is 3.22. The third kappa shape index (κ3) is 3.01. The Morgan fingerprint density at radius 3 is 2.83 bits per heavy atom. The molecule has 0 aromatic heterocycles. The number of amides is 1. The molecular formula is C8H13I2NO. The SMILES string of the molecule is CC[C@@H]1CC(=O)N[C@H](C(I)I)C1. The lowest BCUT2D eigenvalue weighted by atomic mass is 9.91. The molecular weight excluding hydrogens is 380 g/mol. The van der Waals surface area contributed by atoms with Crippen molar-refractivity contribution < 1.29 is 4.79 Å². The van der Waals surface area contributed by atoms with Crippen LogP contribution in [0.15, 0.2) is 0 Å². The Balaban J connectivity index is 2.51. The van der Waals surface area contributed by atoms with Gasteiger partial charge in [0.15, 0.2) is 0 Å². The first-order chi connectivity index (χ1) is 5.63.